The fraction of sp³-hybridized carbons (Fsp3) is 0.0909. The fourth-order valence-corrected chi connectivity index (χ4v) is 4.37. The van der Waals surface area contributed by atoms with Crippen molar-refractivity contribution in [1.82, 2.24) is 24.9 Å². The highest BCUT2D eigenvalue weighted by molar-refractivity contribution is 7.89. The number of benzene rings is 3. The molecule has 1 aromatic heterocycles. The van der Waals surface area contributed by atoms with Crippen LogP contribution >= 0.6 is 0 Å². The lowest BCUT2D eigenvalue weighted by molar-refractivity contribution is 0.102. The molecule has 0 aliphatic rings. The van der Waals surface area contributed by atoms with Crippen LogP contribution < -0.4 is 10.0 Å². The van der Waals surface area contributed by atoms with Crippen molar-refractivity contribution >= 4 is 21.6 Å². The first-order valence-corrected chi connectivity index (χ1v) is 11.2. The Kier molecular flexibility index (Phi) is 6.06. The van der Waals surface area contributed by atoms with E-state index in [1.807, 2.05) is 30.3 Å². The molecule has 0 fully saturated rings. The summed E-state index contributed by atoms with van der Waals surface area (Å²) in [4.78, 5) is 12.7. The molecule has 3 aromatic carbocycles. The topological polar surface area (TPSA) is 119 Å². The van der Waals surface area contributed by atoms with Crippen molar-refractivity contribution in [3.63, 3.8) is 0 Å². The molecule has 162 valence electrons. The number of hydrogen-bond acceptors (Lipinski definition) is 6. The van der Waals surface area contributed by atoms with Gasteiger partial charge in [-0.1, -0.05) is 36.4 Å². The zero-order valence-electron chi connectivity index (χ0n) is 17.1. The van der Waals surface area contributed by atoms with Crippen molar-refractivity contribution in [3.8, 4) is 5.69 Å². The third kappa shape index (κ3) is 4.88. The molecule has 1 amide bonds. The Morgan fingerprint density at radius 2 is 1.72 bits per heavy atom. The van der Waals surface area contributed by atoms with Crippen molar-refractivity contribution < 1.29 is 13.2 Å². The number of rotatable bonds is 7. The molecule has 32 heavy (non-hydrogen) atoms. The molecule has 9 nitrogen and oxygen atoms in total. The minimum absolute atomic E-state index is 0.0157. The normalized spacial score (nSPS) is 12.3. The van der Waals surface area contributed by atoms with Crippen molar-refractivity contribution in [1.29, 1.82) is 0 Å². The molecule has 0 bridgehead atoms. The number of amides is 1. The van der Waals surface area contributed by atoms with E-state index in [-0.39, 0.29) is 10.5 Å². The maximum absolute atomic E-state index is 12.8. The average molecular weight is 449 g/mol. The van der Waals surface area contributed by atoms with Crippen molar-refractivity contribution in [2.45, 2.75) is 17.9 Å². The second-order valence-electron chi connectivity index (χ2n) is 7.04. The van der Waals surface area contributed by atoms with Gasteiger partial charge in [-0.05, 0) is 65.4 Å². The summed E-state index contributed by atoms with van der Waals surface area (Å²) < 4.78 is 29.8. The number of aromatic nitrogens is 4. The lowest BCUT2D eigenvalue weighted by Gasteiger charge is -2.15. The number of tetrazole rings is 1. The van der Waals surface area contributed by atoms with Gasteiger partial charge in [-0.2, -0.15) is 0 Å². The molecule has 2 N–H and O–H groups in total. The number of carbonyl (C=O) groups is 1. The number of nitrogens with one attached hydrogen (secondary N) is 2. The molecule has 10 heteroatoms. The Balaban J connectivity index is 1.47. The van der Waals surface area contributed by atoms with E-state index in [2.05, 4.69) is 25.6 Å². The van der Waals surface area contributed by atoms with Crippen LogP contribution in [0.2, 0.25) is 0 Å². The van der Waals surface area contributed by atoms with E-state index in [1.54, 1.807) is 37.3 Å². The molecular formula is C22H20N6O3S. The van der Waals surface area contributed by atoms with Crippen LogP contribution in [-0.4, -0.2) is 34.5 Å². The molecule has 0 saturated carbocycles. The van der Waals surface area contributed by atoms with Crippen LogP contribution in [-0.2, 0) is 10.0 Å². The molecule has 0 unspecified atom stereocenters. The molecule has 1 heterocycles. The van der Waals surface area contributed by atoms with Crippen LogP contribution in [0.15, 0.2) is 90.1 Å². The van der Waals surface area contributed by atoms with E-state index in [0.29, 0.717) is 5.69 Å². The van der Waals surface area contributed by atoms with E-state index in [4.69, 9.17) is 0 Å². The predicted molar refractivity (Wildman–Crippen MR) is 119 cm³/mol. The molecule has 0 aliphatic carbocycles. The van der Waals surface area contributed by atoms with E-state index < -0.39 is 22.0 Å². The monoisotopic (exact) mass is 448 g/mol. The molecule has 0 spiro atoms. The van der Waals surface area contributed by atoms with Crippen molar-refractivity contribution in [2.75, 3.05) is 5.32 Å². The highest BCUT2D eigenvalue weighted by atomic mass is 32.2. The standard InChI is InChI=1S/C22H20N6O3S/c1-16(17-6-3-2-4-7-17)25-32(30,31)21-9-5-8-18(14-21)22(29)24-19-10-12-20(13-11-19)28-15-23-26-27-28/h2-16,25H,1H3,(H,24,29)/t16-/m1/s1. The second kappa shape index (κ2) is 9.08. The Morgan fingerprint density at radius 3 is 2.41 bits per heavy atom. The van der Waals surface area contributed by atoms with Crippen LogP contribution in [0.25, 0.3) is 5.69 Å². The smallest absolute Gasteiger partial charge is 0.255 e. The van der Waals surface area contributed by atoms with Gasteiger partial charge < -0.3 is 5.32 Å². The largest absolute Gasteiger partial charge is 0.322 e. The van der Waals surface area contributed by atoms with Gasteiger partial charge in [-0.15, -0.1) is 5.10 Å². The zero-order chi connectivity index (χ0) is 22.6. The third-order valence-electron chi connectivity index (χ3n) is 4.78. The van der Waals surface area contributed by atoms with Crippen molar-refractivity contribution in [3.05, 3.63) is 96.3 Å². The van der Waals surface area contributed by atoms with Gasteiger partial charge in [0.1, 0.15) is 6.33 Å². The number of carbonyl (C=O) groups excluding carboxylic acids is 1. The van der Waals surface area contributed by atoms with Gasteiger partial charge in [0.05, 0.1) is 10.6 Å². The van der Waals surface area contributed by atoms with Gasteiger partial charge in [0, 0.05) is 17.3 Å². The molecular weight excluding hydrogens is 428 g/mol. The van der Waals surface area contributed by atoms with E-state index in [9.17, 15) is 13.2 Å². The minimum Gasteiger partial charge on any atom is -0.322 e. The summed E-state index contributed by atoms with van der Waals surface area (Å²) in [6.45, 7) is 1.77. The Bertz CT molecular complexity index is 1310. The Labute approximate surface area is 185 Å². The summed E-state index contributed by atoms with van der Waals surface area (Å²) in [5.74, 6) is -0.423. The molecule has 0 saturated heterocycles. The number of hydrogen-bond donors (Lipinski definition) is 2. The minimum atomic E-state index is -3.82. The second-order valence-corrected chi connectivity index (χ2v) is 8.75. The SMILES string of the molecule is C[C@@H](NS(=O)(=O)c1cccc(C(=O)Nc2ccc(-n3cnnn3)cc2)c1)c1ccccc1. The van der Waals surface area contributed by atoms with E-state index in [0.717, 1.165) is 11.3 Å². The molecule has 0 aliphatic heterocycles. The van der Waals surface area contributed by atoms with Crippen LogP contribution in [0.1, 0.15) is 28.9 Å². The molecule has 4 aromatic rings. The Morgan fingerprint density at radius 1 is 0.969 bits per heavy atom. The van der Waals surface area contributed by atoms with Gasteiger partial charge in [0.25, 0.3) is 5.91 Å². The van der Waals surface area contributed by atoms with E-state index in [1.165, 1.54) is 29.2 Å². The van der Waals surface area contributed by atoms with Crippen LogP contribution in [0.5, 0.6) is 0 Å². The highest BCUT2D eigenvalue weighted by Gasteiger charge is 2.20. The van der Waals surface area contributed by atoms with Gasteiger partial charge >= 0.3 is 0 Å². The molecule has 4 rings (SSSR count). The van der Waals surface area contributed by atoms with Crippen molar-refractivity contribution in [2.24, 2.45) is 0 Å². The molecule has 0 radical (unpaired) electrons. The average Bonchev–Trinajstić information content (AvgIpc) is 3.35. The first-order chi connectivity index (χ1) is 15.4. The van der Waals surface area contributed by atoms with Gasteiger partial charge in [-0.25, -0.2) is 17.8 Å². The van der Waals surface area contributed by atoms with E-state index >= 15 is 0 Å². The summed E-state index contributed by atoms with van der Waals surface area (Å²) >= 11 is 0. The van der Waals surface area contributed by atoms with Crippen LogP contribution in [0.3, 0.4) is 0 Å². The lowest BCUT2D eigenvalue weighted by atomic mass is 10.1. The lowest BCUT2D eigenvalue weighted by Crippen LogP contribution is -2.27. The first-order valence-electron chi connectivity index (χ1n) is 9.74. The third-order valence-corrected chi connectivity index (χ3v) is 6.32. The maximum Gasteiger partial charge on any atom is 0.255 e. The summed E-state index contributed by atoms with van der Waals surface area (Å²) in [5.41, 5.74) is 2.36. The van der Waals surface area contributed by atoms with Gasteiger partial charge in [-0.3, -0.25) is 4.79 Å². The first kappa shape index (κ1) is 21.3. The number of anilines is 1. The summed E-state index contributed by atoms with van der Waals surface area (Å²) in [6, 6.07) is 21.7. The summed E-state index contributed by atoms with van der Waals surface area (Å²) in [6.07, 6.45) is 1.46. The van der Waals surface area contributed by atoms with Crippen LogP contribution in [0.4, 0.5) is 5.69 Å². The molecule has 1 atom stereocenters. The number of nitrogens with zero attached hydrogens (tertiary/aromatic N) is 4. The fourth-order valence-electron chi connectivity index (χ4n) is 3.10. The van der Waals surface area contributed by atoms with Gasteiger partial charge in [0.2, 0.25) is 10.0 Å². The number of sulfonamides is 1. The quantitative estimate of drug-likeness (QED) is 0.449. The summed E-state index contributed by atoms with van der Waals surface area (Å²) in [7, 11) is -3.82. The van der Waals surface area contributed by atoms with Crippen LogP contribution in [0, 0.1) is 0 Å². The highest BCUT2D eigenvalue weighted by Crippen LogP contribution is 2.19. The zero-order valence-corrected chi connectivity index (χ0v) is 17.9. The maximum atomic E-state index is 12.8. The predicted octanol–water partition coefficient (Wildman–Crippen LogP) is 2.95. The summed E-state index contributed by atoms with van der Waals surface area (Å²) in [5, 5.41) is 13.7. The van der Waals surface area contributed by atoms with Gasteiger partial charge in [0.15, 0.2) is 0 Å². The Hall–Kier alpha value is -3.89.